The van der Waals surface area contributed by atoms with E-state index in [0.29, 0.717) is 0 Å². The molecule has 20 heavy (non-hydrogen) atoms. The van der Waals surface area contributed by atoms with E-state index in [4.69, 9.17) is 4.74 Å². The minimum Gasteiger partial charge on any atom is -0.444 e. The van der Waals surface area contributed by atoms with E-state index in [1.807, 2.05) is 27.7 Å². The van der Waals surface area contributed by atoms with Crippen LogP contribution in [0.3, 0.4) is 0 Å². The first-order chi connectivity index (χ1) is 9.16. The highest BCUT2D eigenvalue weighted by molar-refractivity contribution is 5.95. The van der Waals surface area contributed by atoms with Gasteiger partial charge in [0.05, 0.1) is 6.04 Å². The van der Waals surface area contributed by atoms with Crippen molar-refractivity contribution in [1.29, 1.82) is 0 Å². The molecule has 2 amide bonds. The van der Waals surface area contributed by atoms with Gasteiger partial charge in [-0.1, -0.05) is 34.1 Å². The summed E-state index contributed by atoms with van der Waals surface area (Å²) in [5.41, 5.74) is -0.606. The van der Waals surface area contributed by atoms with Crippen molar-refractivity contribution in [2.24, 2.45) is 5.92 Å². The van der Waals surface area contributed by atoms with Crippen molar-refractivity contribution in [3.63, 3.8) is 0 Å². The second-order valence-electron chi connectivity index (χ2n) is 6.04. The number of carbonyl (C=O) groups is 2. The van der Waals surface area contributed by atoms with Crippen LogP contribution in [0.15, 0.2) is 0 Å². The summed E-state index contributed by atoms with van der Waals surface area (Å²) in [6.45, 7) is 15.0. The Kier molecular flexibility index (Phi) is 7.79. The van der Waals surface area contributed by atoms with Crippen LogP contribution < -0.4 is 5.32 Å². The number of nitrogens with one attached hydrogen (secondary N) is 1. The molecule has 1 N–H and O–H groups in total. The molecular formula is C15H30N2O3. The van der Waals surface area contributed by atoms with Gasteiger partial charge in [0.15, 0.2) is 0 Å². The van der Waals surface area contributed by atoms with Crippen LogP contribution in [0.5, 0.6) is 0 Å². The molecule has 0 rings (SSSR count). The average Bonchev–Trinajstić information content (AvgIpc) is 2.32. The minimum absolute atomic E-state index is 0.178. The maximum absolute atomic E-state index is 12.3. The van der Waals surface area contributed by atoms with Gasteiger partial charge in [-0.3, -0.25) is 15.0 Å². The Balaban J connectivity index is 4.84. The first-order valence-corrected chi connectivity index (χ1v) is 7.44. The zero-order chi connectivity index (χ0) is 15.9. The van der Waals surface area contributed by atoms with E-state index in [1.165, 1.54) is 0 Å². The fourth-order valence-electron chi connectivity index (χ4n) is 2.10. The summed E-state index contributed by atoms with van der Waals surface area (Å²) >= 11 is 0. The van der Waals surface area contributed by atoms with Gasteiger partial charge >= 0.3 is 6.09 Å². The number of rotatable bonds is 6. The van der Waals surface area contributed by atoms with Gasteiger partial charge in [0.2, 0.25) is 5.91 Å². The van der Waals surface area contributed by atoms with Crippen molar-refractivity contribution in [2.75, 3.05) is 13.1 Å². The van der Waals surface area contributed by atoms with Crippen molar-refractivity contribution in [3.05, 3.63) is 0 Å². The third kappa shape index (κ3) is 6.37. The smallest absolute Gasteiger partial charge is 0.414 e. The molecule has 0 radical (unpaired) electrons. The van der Waals surface area contributed by atoms with Crippen LogP contribution in [0.1, 0.15) is 54.9 Å². The Bertz CT molecular complexity index is 320. The normalized spacial score (nSPS) is 14.8. The molecule has 0 aliphatic heterocycles. The standard InChI is InChI=1S/C15H30N2O3/c1-8-11(4)12(17(9-2)10-3)13(18)16-14(19)20-15(5,6)7/h11-12H,8-10H2,1-7H3,(H,16,18,19)/t11-,12-/m0/s1. The number of hydrogen-bond donors (Lipinski definition) is 1. The number of ether oxygens (including phenoxy) is 1. The molecule has 5 heteroatoms. The molecule has 0 aromatic rings. The second-order valence-corrected chi connectivity index (χ2v) is 6.04. The Labute approximate surface area is 123 Å². The zero-order valence-corrected chi connectivity index (χ0v) is 13.9. The lowest BCUT2D eigenvalue weighted by atomic mass is 9.96. The number of carbonyl (C=O) groups excluding carboxylic acids is 2. The molecule has 0 bridgehead atoms. The predicted molar refractivity (Wildman–Crippen MR) is 80.5 cm³/mol. The third-order valence-corrected chi connectivity index (χ3v) is 3.28. The van der Waals surface area contributed by atoms with Crippen molar-refractivity contribution < 1.29 is 14.3 Å². The fourth-order valence-corrected chi connectivity index (χ4v) is 2.10. The van der Waals surface area contributed by atoms with Gasteiger partial charge in [-0.15, -0.1) is 0 Å². The van der Waals surface area contributed by atoms with Crippen LogP contribution in [0.2, 0.25) is 0 Å². The van der Waals surface area contributed by atoms with Crippen molar-refractivity contribution in [1.82, 2.24) is 10.2 Å². The Hall–Kier alpha value is -1.10. The van der Waals surface area contributed by atoms with Crippen LogP contribution in [0, 0.1) is 5.92 Å². The Morgan fingerprint density at radius 3 is 2.00 bits per heavy atom. The number of nitrogens with zero attached hydrogens (tertiary/aromatic N) is 1. The number of imide groups is 1. The number of hydrogen-bond acceptors (Lipinski definition) is 4. The molecule has 0 heterocycles. The van der Waals surface area contributed by atoms with E-state index in [2.05, 4.69) is 10.2 Å². The van der Waals surface area contributed by atoms with E-state index in [9.17, 15) is 9.59 Å². The molecule has 0 spiro atoms. The summed E-state index contributed by atoms with van der Waals surface area (Å²) in [6.07, 6.45) is 0.200. The number of likely N-dealkylation sites (N-methyl/N-ethyl adjacent to an activating group) is 1. The van der Waals surface area contributed by atoms with E-state index in [-0.39, 0.29) is 17.9 Å². The van der Waals surface area contributed by atoms with Crippen LogP contribution in [0.4, 0.5) is 4.79 Å². The van der Waals surface area contributed by atoms with Crippen LogP contribution in [-0.4, -0.2) is 41.6 Å². The van der Waals surface area contributed by atoms with Gasteiger partial charge in [0, 0.05) is 0 Å². The summed E-state index contributed by atoms with van der Waals surface area (Å²) in [6, 6.07) is -0.303. The molecule has 2 atom stereocenters. The SMILES string of the molecule is CC[C@H](C)[C@@H](C(=O)NC(=O)OC(C)(C)C)N(CC)CC. The molecule has 0 aromatic carbocycles. The van der Waals surface area contributed by atoms with E-state index in [1.54, 1.807) is 20.8 Å². The highest BCUT2D eigenvalue weighted by Crippen LogP contribution is 2.15. The summed E-state index contributed by atoms with van der Waals surface area (Å²) in [4.78, 5) is 26.1. The molecule has 0 saturated heterocycles. The van der Waals surface area contributed by atoms with Crippen molar-refractivity contribution >= 4 is 12.0 Å². The van der Waals surface area contributed by atoms with Crippen molar-refractivity contribution in [2.45, 2.75) is 66.5 Å². The number of amides is 2. The van der Waals surface area contributed by atoms with Gasteiger partial charge in [-0.2, -0.15) is 0 Å². The Morgan fingerprint density at radius 2 is 1.65 bits per heavy atom. The second kappa shape index (κ2) is 8.25. The maximum atomic E-state index is 12.3. The Morgan fingerprint density at radius 1 is 1.15 bits per heavy atom. The van der Waals surface area contributed by atoms with E-state index >= 15 is 0 Å². The molecule has 0 aliphatic carbocycles. The zero-order valence-electron chi connectivity index (χ0n) is 13.9. The molecule has 0 fully saturated rings. The van der Waals surface area contributed by atoms with E-state index < -0.39 is 11.7 Å². The fraction of sp³-hybridized carbons (Fsp3) is 0.867. The van der Waals surface area contributed by atoms with E-state index in [0.717, 1.165) is 19.5 Å². The lowest BCUT2D eigenvalue weighted by Gasteiger charge is -2.32. The van der Waals surface area contributed by atoms with Gasteiger partial charge in [-0.05, 0) is 39.8 Å². The average molecular weight is 286 g/mol. The molecule has 0 unspecified atom stereocenters. The van der Waals surface area contributed by atoms with Crippen molar-refractivity contribution in [3.8, 4) is 0 Å². The first-order valence-electron chi connectivity index (χ1n) is 7.44. The summed E-state index contributed by atoms with van der Waals surface area (Å²) < 4.78 is 5.13. The monoisotopic (exact) mass is 286 g/mol. The van der Waals surface area contributed by atoms with Crippen LogP contribution in [-0.2, 0) is 9.53 Å². The molecule has 0 aromatic heterocycles. The van der Waals surface area contributed by atoms with Crippen LogP contribution in [0.25, 0.3) is 0 Å². The topological polar surface area (TPSA) is 58.6 Å². The van der Waals surface area contributed by atoms with Gasteiger partial charge in [0.1, 0.15) is 5.60 Å². The quantitative estimate of drug-likeness (QED) is 0.815. The molecule has 118 valence electrons. The summed E-state index contributed by atoms with van der Waals surface area (Å²) in [5, 5.41) is 2.36. The third-order valence-electron chi connectivity index (χ3n) is 3.28. The lowest BCUT2D eigenvalue weighted by Crippen LogP contribution is -2.52. The highest BCUT2D eigenvalue weighted by Gasteiger charge is 2.30. The number of alkyl carbamates (subject to hydrolysis) is 1. The highest BCUT2D eigenvalue weighted by atomic mass is 16.6. The van der Waals surface area contributed by atoms with Gasteiger partial charge in [-0.25, -0.2) is 4.79 Å². The van der Waals surface area contributed by atoms with Crippen LogP contribution >= 0.6 is 0 Å². The largest absolute Gasteiger partial charge is 0.444 e. The maximum Gasteiger partial charge on any atom is 0.414 e. The van der Waals surface area contributed by atoms with Gasteiger partial charge < -0.3 is 4.74 Å². The molecule has 5 nitrogen and oxygen atoms in total. The molecule has 0 saturated carbocycles. The summed E-state index contributed by atoms with van der Waals surface area (Å²) in [7, 11) is 0. The van der Waals surface area contributed by atoms with Gasteiger partial charge in [0.25, 0.3) is 0 Å². The molecular weight excluding hydrogens is 256 g/mol. The molecule has 0 aliphatic rings. The first kappa shape index (κ1) is 18.9. The lowest BCUT2D eigenvalue weighted by molar-refractivity contribution is -0.127. The summed E-state index contributed by atoms with van der Waals surface area (Å²) in [5.74, 6) is -0.102. The minimum atomic E-state index is -0.678. The predicted octanol–water partition coefficient (Wildman–Crippen LogP) is 2.79.